The molecule has 4 rings (SSSR count). The van der Waals surface area contributed by atoms with Crippen LogP contribution in [0.15, 0.2) is 96.0 Å². The lowest BCUT2D eigenvalue weighted by molar-refractivity contribution is 0.308. The van der Waals surface area contributed by atoms with Gasteiger partial charge in [0, 0.05) is 23.3 Å². The van der Waals surface area contributed by atoms with Gasteiger partial charge in [-0.05, 0) is 60.4 Å². The molecule has 0 atom stereocenters. The third kappa shape index (κ3) is 8.61. The summed E-state index contributed by atoms with van der Waals surface area (Å²) in [5.74, 6) is 1.81. The molecule has 0 saturated heterocycles. The quantitative estimate of drug-likeness (QED) is 0.0987. The summed E-state index contributed by atoms with van der Waals surface area (Å²) in [6, 6.07) is 31.6. The molecule has 0 saturated carbocycles. The number of benzene rings is 4. The standard InChI is InChI=1S/C35H43N3O/c1-3-28-18-10-13-23-32(28)37-35(38-33-24-14-11-19-29(33)4-2)36-26-15-7-5-6-8-16-27-39-34-25-17-21-30-20-9-12-22-31(30)34/h9-14,17-25H,3-8,15-16,26-27H2,1-2H3,(H2,36,37,38). The van der Waals surface area contributed by atoms with Crippen molar-refractivity contribution < 1.29 is 4.74 Å². The van der Waals surface area contributed by atoms with Crippen LogP contribution < -0.4 is 15.4 Å². The Bertz CT molecular complexity index is 1270. The number of aryl methyl sites for hydroxylation is 2. The molecule has 0 aromatic heterocycles. The number of ether oxygens (including phenoxy) is 1. The molecule has 0 amide bonds. The average molecular weight is 522 g/mol. The summed E-state index contributed by atoms with van der Waals surface area (Å²) in [5.41, 5.74) is 4.82. The van der Waals surface area contributed by atoms with Crippen LogP contribution in [0.5, 0.6) is 5.75 Å². The summed E-state index contributed by atoms with van der Waals surface area (Å²) in [6.07, 6.45) is 9.00. The first kappa shape index (κ1) is 28.2. The van der Waals surface area contributed by atoms with Crippen molar-refractivity contribution in [1.82, 2.24) is 0 Å². The Balaban J connectivity index is 1.20. The smallest absolute Gasteiger partial charge is 0.200 e. The lowest BCUT2D eigenvalue weighted by Gasteiger charge is -2.17. The van der Waals surface area contributed by atoms with E-state index in [1.54, 1.807) is 0 Å². The summed E-state index contributed by atoms with van der Waals surface area (Å²) in [7, 11) is 0. The zero-order valence-corrected chi connectivity index (χ0v) is 23.6. The van der Waals surface area contributed by atoms with Crippen LogP contribution in [0.2, 0.25) is 0 Å². The fraction of sp³-hybridized carbons (Fsp3) is 0.343. The van der Waals surface area contributed by atoms with Gasteiger partial charge in [-0.3, -0.25) is 4.99 Å². The molecule has 0 aliphatic carbocycles. The normalized spacial score (nSPS) is 10.8. The maximum atomic E-state index is 6.09. The van der Waals surface area contributed by atoms with Gasteiger partial charge in [0.1, 0.15) is 5.75 Å². The molecule has 4 heteroatoms. The van der Waals surface area contributed by atoms with E-state index in [0.717, 1.165) is 61.9 Å². The van der Waals surface area contributed by atoms with Crippen LogP contribution in [0.1, 0.15) is 63.5 Å². The summed E-state index contributed by atoms with van der Waals surface area (Å²) in [6.45, 7) is 5.96. The Hall–Kier alpha value is -3.79. The van der Waals surface area contributed by atoms with Crippen molar-refractivity contribution in [3.8, 4) is 5.75 Å². The second kappa shape index (κ2) is 15.6. The second-order valence-corrected chi connectivity index (χ2v) is 9.95. The number of hydrogen-bond acceptors (Lipinski definition) is 2. The molecule has 0 aliphatic heterocycles. The van der Waals surface area contributed by atoms with Gasteiger partial charge in [-0.2, -0.15) is 0 Å². The summed E-state index contributed by atoms with van der Waals surface area (Å²) in [5, 5.41) is 9.57. The largest absolute Gasteiger partial charge is 0.493 e. The molecule has 39 heavy (non-hydrogen) atoms. The third-order valence-corrected chi connectivity index (χ3v) is 7.13. The van der Waals surface area contributed by atoms with Crippen LogP contribution in [0.25, 0.3) is 10.8 Å². The number of nitrogens with zero attached hydrogens (tertiary/aromatic N) is 1. The predicted octanol–water partition coefficient (Wildman–Crippen LogP) is 9.26. The fourth-order valence-corrected chi connectivity index (χ4v) is 4.88. The summed E-state index contributed by atoms with van der Waals surface area (Å²) >= 11 is 0. The average Bonchev–Trinajstić information content (AvgIpc) is 2.98. The zero-order valence-electron chi connectivity index (χ0n) is 23.6. The van der Waals surface area contributed by atoms with Gasteiger partial charge in [-0.1, -0.05) is 112 Å². The number of fused-ring (bicyclic) bond motifs is 1. The van der Waals surface area contributed by atoms with Crippen LogP contribution in [-0.4, -0.2) is 19.1 Å². The molecule has 2 N–H and O–H groups in total. The van der Waals surface area contributed by atoms with Crippen LogP contribution in [0.4, 0.5) is 11.4 Å². The van der Waals surface area contributed by atoms with Crippen LogP contribution >= 0.6 is 0 Å². The molecule has 0 fully saturated rings. The SMILES string of the molecule is CCc1ccccc1NC(=NCCCCCCCCOc1cccc2ccccc12)Nc1ccccc1CC. The first-order valence-corrected chi connectivity index (χ1v) is 14.6. The van der Waals surface area contributed by atoms with Crippen molar-refractivity contribution in [2.45, 2.75) is 65.2 Å². The number of para-hydroxylation sites is 2. The van der Waals surface area contributed by atoms with Crippen molar-refractivity contribution >= 4 is 28.1 Å². The highest BCUT2D eigenvalue weighted by atomic mass is 16.5. The number of hydrogen-bond donors (Lipinski definition) is 2. The molecule has 0 radical (unpaired) electrons. The Morgan fingerprint density at radius 1 is 0.615 bits per heavy atom. The van der Waals surface area contributed by atoms with Gasteiger partial charge in [0.2, 0.25) is 0 Å². The van der Waals surface area contributed by atoms with Gasteiger partial charge in [0.15, 0.2) is 5.96 Å². The molecular formula is C35H43N3O. The van der Waals surface area contributed by atoms with Crippen molar-refractivity contribution in [1.29, 1.82) is 0 Å². The lowest BCUT2D eigenvalue weighted by Crippen LogP contribution is -2.24. The Labute approximate surface area is 234 Å². The van der Waals surface area contributed by atoms with E-state index < -0.39 is 0 Å². The first-order valence-electron chi connectivity index (χ1n) is 14.6. The molecule has 0 bridgehead atoms. The van der Waals surface area contributed by atoms with Crippen molar-refractivity contribution in [2.75, 3.05) is 23.8 Å². The van der Waals surface area contributed by atoms with Crippen molar-refractivity contribution in [3.05, 3.63) is 102 Å². The minimum Gasteiger partial charge on any atom is -0.493 e. The van der Waals surface area contributed by atoms with E-state index in [9.17, 15) is 0 Å². The number of aliphatic imine (C=N–C) groups is 1. The Kier molecular flexibility index (Phi) is 11.3. The van der Waals surface area contributed by atoms with Crippen molar-refractivity contribution in [2.24, 2.45) is 4.99 Å². The van der Waals surface area contributed by atoms with Gasteiger partial charge in [0.05, 0.1) is 6.61 Å². The maximum absolute atomic E-state index is 6.09. The molecular weight excluding hydrogens is 478 g/mol. The van der Waals surface area contributed by atoms with Crippen LogP contribution in [0, 0.1) is 0 Å². The molecule has 0 aliphatic rings. The van der Waals surface area contributed by atoms with E-state index in [4.69, 9.17) is 9.73 Å². The summed E-state index contributed by atoms with van der Waals surface area (Å²) < 4.78 is 6.09. The number of guanidine groups is 1. The topological polar surface area (TPSA) is 45.7 Å². The molecule has 0 unspecified atom stereocenters. The Morgan fingerprint density at radius 2 is 1.18 bits per heavy atom. The molecule has 4 nitrogen and oxygen atoms in total. The van der Waals surface area contributed by atoms with E-state index in [1.165, 1.54) is 47.6 Å². The molecule has 204 valence electrons. The maximum Gasteiger partial charge on any atom is 0.200 e. The summed E-state index contributed by atoms with van der Waals surface area (Å²) in [4.78, 5) is 4.95. The van der Waals surface area contributed by atoms with Gasteiger partial charge in [0.25, 0.3) is 0 Å². The highest BCUT2D eigenvalue weighted by molar-refractivity contribution is 6.04. The van der Waals surface area contributed by atoms with E-state index in [-0.39, 0.29) is 0 Å². The van der Waals surface area contributed by atoms with Gasteiger partial charge in [-0.25, -0.2) is 0 Å². The van der Waals surface area contributed by atoms with Crippen molar-refractivity contribution in [3.63, 3.8) is 0 Å². The van der Waals surface area contributed by atoms with Gasteiger partial charge < -0.3 is 15.4 Å². The molecule has 4 aromatic carbocycles. The second-order valence-electron chi connectivity index (χ2n) is 9.95. The lowest BCUT2D eigenvalue weighted by atomic mass is 10.1. The van der Waals surface area contributed by atoms with Crippen LogP contribution in [-0.2, 0) is 12.8 Å². The number of anilines is 2. The Morgan fingerprint density at radius 3 is 1.87 bits per heavy atom. The minimum absolute atomic E-state index is 0.775. The highest BCUT2D eigenvalue weighted by Gasteiger charge is 2.07. The molecule has 0 heterocycles. The van der Waals surface area contributed by atoms with E-state index in [2.05, 4.69) is 115 Å². The number of nitrogens with one attached hydrogen (secondary N) is 2. The van der Waals surface area contributed by atoms with Gasteiger partial charge in [-0.15, -0.1) is 0 Å². The fourth-order valence-electron chi connectivity index (χ4n) is 4.88. The minimum atomic E-state index is 0.775. The third-order valence-electron chi connectivity index (χ3n) is 7.13. The first-order chi connectivity index (χ1) is 19.3. The number of unbranched alkanes of at least 4 members (excludes halogenated alkanes) is 5. The van der Waals surface area contributed by atoms with Gasteiger partial charge >= 0.3 is 0 Å². The monoisotopic (exact) mass is 521 g/mol. The predicted molar refractivity (Wildman–Crippen MR) is 168 cm³/mol. The number of rotatable bonds is 14. The van der Waals surface area contributed by atoms with E-state index >= 15 is 0 Å². The zero-order chi connectivity index (χ0) is 27.1. The highest BCUT2D eigenvalue weighted by Crippen LogP contribution is 2.25. The van der Waals surface area contributed by atoms with Crippen LogP contribution in [0.3, 0.4) is 0 Å². The molecule has 4 aromatic rings. The van der Waals surface area contributed by atoms with E-state index in [1.807, 2.05) is 0 Å². The molecule has 0 spiro atoms. The van der Waals surface area contributed by atoms with E-state index in [0.29, 0.717) is 0 Å².